The largest absolute Gasteiger partial charge is 0.309 e. The second-order valence-electron chi connectivity index (χ2n) is 5.04. The summed E-state index contributed by atoms with van der Waals surface area (Å²) in [4.78, 5) is 14.5. The van der Waals surface area contributed by atoms with E-state index in [0.29, 0.717) is 16.0 Å². The van der Waals surface area contributed by atoms with Crippen LogP contribution in [0.1, 0.15) is 37.7 Å². The predicted octanol–water partition coefficient (Wildman–Crippen LogP) is 4.65. The fourth-order valence-corrected chi connectivity index (χ4v) is 3.00. The Morgan fingerprint density at radius 3 is 2.75 bits per heavy atom. The lowest BCUT2D eigenvalue weighted by Crippen LogP contribution is -2.07. The highest BCUT2D eigenvalue weighted by Crippen LogP contribution is 2.28. The van der Waals surface area contributed by atoms with Gasteiger partial charge >= 0.3 is 5.69 Å². The molecular formula is C14H16BrFN2O2. The van der Waals surface area contributed by atoms with Crippen molar-refractivity contribution in [3.05, 3.63) is 38.1 Å². The minimum absolute atomic E-state index is 0.142. The van der Waals surface area contributed by atoms with Gasteiger partial charge in [-0.05, 0) is 30.9 Å². The van der Waals surface area contributed by atoms with Crippen molar-refractivity contribution in [2.45, 2.75) is 38.6 Å². The molecule has 1 aliphatic carbocycles. The van der Waals surface area contributed by atoms with E-state index in [1.807, 2.05) is 6.21 Å². The molecule has 1 saturated carbocycles. The van der Waals surface area contributed by atoms with E-state index in [1.54, 1.807) is 6.07 Å². The standard InChI is InChI=1S/C14H16BrFN2O2/c15-12-6-11(14(18(19)20)13(16)7-12)9-17-8-10-4-2-1-3-5-10/h6-8,10H,1-5,9H2. The molecule has 4 nitrogen and oxygen atoms in total. The summed E-state index contributed by atoms with van der Waals surface area (Å²) in [5.74, 6) is -0.368. The maximum absolute atomic E-state index is 13.6. The molecule has 2 rings (SSSR count). The van der Waals surface area contributed by atoms with Crippen LogP contribution in [0.25, 0.3) is 0 Å². The van der Waals surface area contributed by atoms with E-state index in [0.717, 1.165) is 18.9 Å². The fourth-order valence-electron chi connectivity index (χ4n) is 2.53. The lowest BCUT2D eigenvalue weighted by atomic mass is 9.90. The van der Waals surface area contributed by atoms with Crippen LogP contribution >= 0.6 is 15.9 Å². The molecule has 0 bridgehead atoms. The Bertz CT molecular complexity index is 528. The van der Waals surface area contributed by atoms with Crippen LogP contribution in [0.4, 0.5) is 10.1 Å². The van der Waals surface area contributed by atoms with Crippen molar-refractivity contribution < 1.29 is 9.31 Å². The third-order valence-corrected chi connectivity index (χ3v) is 3.98. The van der Waals surface area contributed by atoms with Crippen molar-refractivity contribution >= 4 is 27.8 Å². The van der Waals surface area contributed by atoms with Crippen LogP contribution in [0, 0.1) is 21.8 Å². The second kappa shape index (κ2) is 6.92. The first-order valence-electron chi connectivity index (χ1n) is 6.70. The van der Waals surface area contributed by atoms with E-state index < -0.39 is 16.4 Å². The van der Waals surface area contributed by atoms with Crippen molar-refractivity contribution in [2.24, 2.45) is 10.9 Å². The fraction of sp³-hybridized carbons (Fsp3) is 0.500. The molecule has 6 heteroatoms. The Labute approximate surface area is 125 Å². The molecule has 1 aromatic carbocycles. The Morgan fingerprint density at radius 1 is 1.40 bits per heavy atom. The minimum atomic E-state index is -0.827. The Morgan fingerprint density at radius 2 is 2.10 bits per heavy atom. The number of nitro benzene ring substituents is 1. The molecule has 0 aromatic heterocycles. The van der Waals surface area contributed by atoms with Gasteiger partial charge in [0.1, 0.15) is 0 Å². The zero-order valence-electron chi connectivity index (χ0n) is 11.0. The van der Waals surface area contributed by atoms with E-state index >= 15 is 0 Å². The summed E-state index contributed by atoms with van der Waals surface area (Å²) in [6, 6.07) is 2.66. The van der Waals surface area contributed by atoms with Gasteiger partial charge in [-0.25, -0.2) is 0 Å². The quantitative estimate of drug-likeness (QED) is 0.454. The lowest BCUT2D eigenvalue weighted by molar-refractivity contribution is -0.388. The van der Waals surface area contributed by atoms with Gasteiger partial charge in [0, 0.05) is 10.7 Å². The van der Waals surface area contributed by atoms with Gasteiger partial charge in [0.25, 0.3) is 0 Å². The molecule has 0 aliphatic heterocycles. The number of nitro groups is 1. The maximum Gasteiger partial charge on any atom is 0.309 e. The average Bonchev–Trinajstić information content (AvgIpc) is 2.38. The van der Waals surface area contributed by atoms with Crippen LogP contribution in [0.2, 0.25) is 0 Å². The monoisotopic (exact) mass is 342 g/mol. The smallest absolute Gasteiger partial charge is 0.292 e. The number of benzene rings is 1. The van der Waals surface area contributed by atoms with Gasteiger partial charge in [-0.1, -0.05) is 35.2 Å². The van der Waals surface area contributed by atoms with Crippen molar-refractivity contribution in [1.82, 2.24) is 0 Å². The molecule has 0 unspecified atom stereocenters. The van der Waals surface area contributed by atoms with Gasteiger partial charge in [0.05, 0.1) is 17.0 Å². The molecule has 1 fully saturated rings. The Balaban J connectivity index is 2.12. The molecule has 108 valence electrons. The second-order valence-corrected chi connectivity index (χ2v) is 5.96. The van der Waals surface area contributed by atoms with Gasteiger partial charge in [-0.15, -0.1) is 0 Å². The number of aliphatic imine (C=N–C) groups is 1. The number of hydrogen-bond donors (Lipinski definition) is 0. The zero-order chi connectivity index (χ0) is 14.5. The SMILES string of the molecule is O=[N+]([O-])c1c(F)cc(Br)cc1CN=CC1CCCCC1. The highest BCUT2D eigenvalue weighted by molar-refractivity contribution is 9.10. The van der Waals surface area contributed by atoms with Crippen molar-refractivity contribution in [3.63, 3.8) is 0 Å². The van der Waals surface area contributed by atoms with E-state index in [-0.39, 0.29) is 6.54 Å². The summed E-state index contributed by atoms with van der Waals surface area (Å²) in [5.41, 5.74) is -0.178. The molecule has 0 atom stereocenters. The summed E-state index contributed by atoms with van der Waals surface area (Å²) in [5, 5.41) is 10.9. The first-order valence-corrected chi connectivity index (χ1v) is 7.49. The predicted molar refractivity (Wildman–Crippen MR) is 79.5 cm³/mol. The molecule has 0 amide bonds. The molecule has 0 saturated heterocycles. The molecule has 0 heterocycles. The molecule has 0 spiro atoms. The molecule has 1 aromatic rings. The van der Waals surface area contributed by atoms with Gasteiger partial charge in [0.2, 0.25) is 5.82 Å². The Hall–Kier alpha value is -1.30. The molecule has 0 radical (unpaired) electrons. The van der Waals surface area contributed by atoms with Crippen LogP contribution in [0.3, 0.4) is 0 Å². The summed E-state index contributed by atoms with van der Waals surface area (Å²) >= 11 is 3.15. The summed E-state index contributed by atoms with van der Waals surface area (Å²) in [6.45, 7) is 0.142. The van der Waals surface area contributed by atoms with Gasteiger partial charge in [-0.3, -0.25) is 15.1 Å². The third-order valence-electron chi connectivity index (χ3n) is 3.52. The zero-order valence-corrected chi connectivity index (χ0v) is 12.6. The summed E-state index contributed by atoms with van der Waals surface area (Å²) < 4.78 is 14.1. The highest BCUT2D eigenvalue weighted by atomic mass is 79.9. The first-order chi connectivity index (χ1) is 9.58. The average molecular weight is 343 g/mol. The first kappa shape index (κ1) is 15.1. The van der Waals surface area contributed by atoms with Crippen LogP contribution in [-0.4, -0.2) is 11.1 Å². The van der Waals surface area contributed by atoms with Crippen LogP contribution in [0.15, 0.2) is 21.6 Å². The van der Waals surface area contributed by atoms with Gasteiger partial charge < -0.3 is 0 Å². The topological polar surface area (TPSA) is 55.5 Å². The van der Waals surface area contributed by atoms with Crippen LogP contribution < -0.4 is 0 Å². The normalized spacial score (nSPS) is 16.7. The van der Waals surface area contributed by atoms with Crippen molar-refractivity contribution in [3.8, 4) is 0 Å². The van der Waals surface area contributed by atoms with Gasteiger partial charge in [-0.2, -0.15) is 4.39 Å². The third kappa shape index (κ3) is 3.85. The molecule has 1 aliphatic rings. The molecule has 20 heavy (non-hydrogen) atoms. The van der Waals surface area contributed by atoms with E-state index in [4.69, 9.17) is 0 Å². The van der Waals surface area contributed by atoms with Crippen molar-refractivity contribution in [2.75, 3.05) is 0 Å². The number of hydrogen-bond acceptors (Lipinski definition) is 3. The number of nitrogens with zero attached hydrogens (tertiary/aromatic N) is 2. The van der Waals surface area contributed by atoms with Crippen LogP contribution in [0.5, 0.6) is 0 Å². The number of halogens is 2. The van der Waals surface area contributed by atoms with Crippen LogP contribution in [-0.2, 0) is 6.54 Å². The number of rotatable bonds is 4. The summed E-state index contributed by atoms with van der Waals surface area (Å²) in [7, 11) is 0. The Kier molecular flexibility index (Phi) is 5.23. The van der Waals surface area contributed by atoms with E-state index in [1.165, 1.54) is 19.3 Å². The molecule has 0 N–H and O–H groups in total. The molecular weight excluding hydrogens is 327 g/mol. The minimum Gasteiger partial charge on any atom is -0.292 e. The lowest BCUT2D eigenvalue weighted by Gasteiger charge is -2.16. The van der Waals surface area contributed by atoms with E-state index in [2.05, 4.69) is 20.9 Å². The summed E-state index contributed by atoms with van der Waals surface area (Å²) in [6.07, 6.45) is 7.82. The van der Waals surface area contributed by atoms with E-state index in [9.17, 15) is 14.5 Å². The van der Waals surface area contributed by atoms with Crippen molar-refractivity contribution in [1.29, 1.82) is 0 Å². The maximum atomic E-state index is 13.6. The highest BCUT2D eigenvalue weighted by Gasteiger charge is 2.20. The van der Waals surface area contributed by atoms with Gasteiger partial charge in [0.15, 0.2) is 0 Å².